The molecular formula is C19H20N4O3. The first-order chi connectivity index (χ1) is 12.6. The highest BCUT2D eigenvalue weighted by Gasteiger charge is 2.21. The van der Waals surface area contributed by atoms with E-state index in [1.54, 1.807) is 60.2 Å². The summed E-state index contributed by atoms with van der Waals surface area (Å²) in [4.78, 5) is 29.3. The first kappa shape index (κ1) is 17.5. The molecule has 3 aromatic rings. The Morgan fingerprint density at radius 1 is 1.12 bits per heavy atom. The van der Waals surface area contributed by atoms with Crippen LogP contribution in [0.2, 0.25) is 0 Å². The van der Waals surface area contributed by atoms with Crippen LogP contribution in [0.25, 0.3) is 5.52 Å². The molecule has 0 aliphatic carbocycles. The lowest BCUT2D eigenvalue weighted by Gasteiger charge is -2.05. The molecule has 0 unspecified atom stereocenters. The zero-order valence-corrected chi connectivity index (χ0v) is 14.7. The van der Waals surface area contributed by atoms with Gasteiger partial charge in [-0.1, -0.05) is 13.0 Å². The molecule has 26 heavy (non-hydrogen) atoms. The van der Waals surface area contributed by atoms with Crippen LogP contribution in [0.3, 0.4) is 0 Å². The van der Waals surface area contributed by atoms with Crippen LogP contribution in [0.4, 0.5) is 5.69 Å². The van der Waals surface area contributed by atoms with Crippen molar-refractivity contribution in [2.75, 3.05) is 19.0 Å². The molecule has 0 radical (unpaired) electrons. The third kappa shape index (κ3) is 3.51. The molecule has 0 aliphatic rings. The highest BCUT2D eigenvalue weighted by atomic mass is 16.5. The number of methoxy groups -OCH3 is 1. The quantitative estimate of drug-likeness (QED) is 0.714. The number of imidazole rings is 1. The van der Waals surface area contributed by atoms with Crippen molar-refractivity contribution in [1.82, 2.24) is 14.7 Å². The second-order valence-corrected chi connectivity index (χ2v) is 5.68. The van der Waals surface area contributed by atoms with Crippen LogP contribution >= 0.6 is 0 Å². The third-order valence-electron chi connectivity index (χ3n) is 3.85. The van der Waals surface area contributed by atoms with Crippen molar-refractivity contribution in [1.29, 1.82) is 0 Å². The van der Waals surface area contributed by atoms with Gasteiger partial charge in [-0.2, -0.15) is 0 Å². The summed E-state index contributed by atoms with van der Waals surface area (Å²) in [7, 11) is 1.58. The van der Waals surface area contributed by atoms with Gasteiger partial charge in [-0.05, 0) is 42.8 Å². The van der Waals surface area contributed by atoms with E-state index in [0.29, 0.717) is 23.5 Å². The fraction of sp³-hybridized carbons (Fsp3) is 0.211. The smallest absolute Gasteiger partial charge is 0.287 e. The number of amides is 2. The van der Waals surface area contributed by atoms with Crippen molar-refractivity contribution in [3.8, 4) is 5.75 Å². The van der Waals surface area contributed by atoms with Gasteiger partial charge in [0.25, 0.3) is 11.8 Å². The Morgan fingerprint density at radius 2 is 1.88 bits per heavy atom. The monoisotopic (exact) mass is 352 g/mol. The topological polar surface area (TPSA) is 84.7 Å². The third-order valence-corrected chi connectivity index (χ3v) is 3.85. The number of rotatable bonds is 6. The second-order valence-electron chi connectivity index (χ2n) is 5.68. The molecule has 0 atom stereocenters. The molecule has 0 saturated carbocycles. The zero-order valence-electron chi connectivity index (χ0n) is 14.7. The van der Waals surface area contributed by atoms with Gasteiger partial charge in [0.15, 0.2) is 5.69 Å². The van der Waals surface area contributed by atoms with Gasteiger partial charge in [0.2, 0.25) is 5.82 Å². The van der Waals surface area contributed by atoms with Crippen molar-refractivity contribution >= 4 is 23.0 Å². The Balaban J connectivity index is 1.91. The second kappa shape index (κ2) is 7.69. The van der Waals surface area contributed by atoms with Crippen LogP contribution in [0.5, 0.6) is 5.75 Å². The van der Waals surface area contributed by atoms with Crippen LogP contribution in [0.15, 0.2) is 48.7 Å². The van der Waals surface area contributed by atoms with Crippen molar-refractivity contribution in [2.45, 2.75) is 13.3 Å². The van der Waals surface area contributed by atoms with Crippen molar-refractivity contribution in [3.63, 3.8) is 0 Å². The predicted molar refractivity (Wildman–Crippen MR) is 98.8 cm³/mol. The molecule has 0 saturated heterocycles. The molecule has 2 heterocycles. The summed E-state index contributed by atoms with van der Waals surface area (Å²) in [6, 6.07) is 12.3. The SMILES string of the molecule is CCCNC(=O)c1nc(C(=O)Nc2ccc(OC)cc2)c2ccccn12. The molecule has 0 bridgehead atoms. The van der Waals surface area contributed by atoms with Gasteiger partial charge in [0.05, 0.1) is 12.6 Å². The summed E-state index contributed by atoms with van der Waals surface area (Å²) in [5.41, 5.74) is 1.38. The van der Waals surface area contributed by atoms with Gasteiger partial charge in [0.1, 0.15) is 5.75 Å². The summed E-state index contributed by atoms with van der Waals surface area (Å²) in [6.07, 6.45) is 2.53. The molecule has 3 rings (SSSR count). The number of carbonyl (C=O) groups excluding carboxylic acids is 2. The number of pyridine rings is 1. The lowest BCUT2D eigenvalue weighted by Crippen LogP contribution is -2.26. The summed E-state index contributed by atoms with van der Waals surface area (Å²) >= 11 is 0. The summed E-state index contributed by atoms with van der Waals surface area (Å²) in [5.74, 6) is 0.198. The minimum Gasteiger partial charge on any atom is -0.497 e. The van der Waals surface area contributed by atoms with Crippen molar-refractivity contribution < 1.29 is 14.3 Å². The average Bonchev–Trinajstić information content (AvgIpc) is 3.06. The number of fused-ring (bicyclic) bond motifs is 1. The minimum absolute atomic E-state index is 0.189. The Hall–Kier alpha value is -3.35. The Bertz CT molecular complexity index is 932. The van der Waals surface area contributed by atoms with Crippen LogP contribution < -0.4 is 15.4 Å². The molecule has 7 nitrogen and oxygen atoms in total. The lowest BCUT2D eigenvalue weighted by atomic mass is 10.2. The number of anilines is 1. The van der Waals surface area contributed by atoms with Crippen molar-refractivity contribution in [2.24, 2.45) is 0 Å². The van der Waals surface area contributed by atoms with Crippen LogP contribution in [-0.4, -0.2) is 34.9 Å². The number of nitrogens with zero attached hydrogens (tertiary/aromatic N) is 2. The van der Waals surface area contributed by atoms with Crippen LogP contribution in [-0.2, 0) is 0 Å². The number of benzene rings is 1. The molecular weight excluding hydrogens is 332 g/mol. The van der Waals surface area contributed by atoms with Crippen molar-refractivity contribution in [3.05, 3.63) is 60.2 Å². The molecule has 7 heteroatoms. The van der Waals surface area contributed by atoms with E-state index in [-0.39, 0.29) is 23.3 Å². The number of ether oxygens (including phenoxy) is 1. The maximum atomic E-state index is 12.7. The van der Waals surface area contributed by atoms with Gasteiger partial charge < -0.3 is 15.4 Å². The van der Waals surface area contributed by atoms with Gasteiger partial charge in [-0.3, -0.25) is 14.0 Å². The summed E-state index contributed by atoms with van der Waals surface area (Å²) < 4.78 is 6.72. The highest BCUT2D eigenvalue weighted by Crippen LogP contribution is 2.18. The Labute approximate surface area is 151 Å². The number of nitrogens with one attached hydrogen (secondary N) is 2. The van der Waals surface area contributed by atoms with Crippen LogP contribution in [0, 0.1) is 0 Å². The first-order valence-electron chi connectivity index (χ1n) is 8.34. The molecule has 0 fully saturated rings. The molecule has 2 amide bonds. The molecule has 1 aromatic carbocycles. The fourth-order valence-corrected chi connectivity index (χ4v) is 2.55. The first-order valence-corrected chi connectivity index (χ1v) is 8.34. The van der Waals surface area contributed by atoms with E-state index >= 15 is 0 Å². The normalized spacial score (nSPS) is 10.5. The van der Waals surface area contributed by atoms with Gasteiger partial charge in [-0.25, -0.2) is 4.98 Å². The number of aromatic nitrogens is 2. The van der Waals surface area contributed by atoms with Gasteiger partial charge in [0, 0.05) is 18.4 Å². The zero-order chi connectivity index (χ0) is 18.5. The average molecular weight is 352 g/mol. The van der Waals surface area contributed by atoms with E-state index in [2.05, 4.69) is 15.6 Å². The standard InChI is InChI=1S/C19H20N4O3/c1-3-11-20-19(25)17-22-16(15-6-4-5-12-23(15)17)18(24)21-13-7-9-14(26-2)10-8-13/h4-10,12H,3,11H2,1-2H3,(H,20,25)(H,21,24). The number of hydrogen-bond acceptors (Lipinski definition) is 4. The van der Waals surface area contributed by atoms with E-state index in [1.807, 2.05) is 6.92 Å². The van der Waals surface area contributed by atoms with E-state index in [0.717, 1.165) is 6.42 Å². The van der Waals surface area contributed by atoms with E-state index < -0.39 is 0 Å². The fourth-order valence-electron chi connectivity index (χ4n) is 2.55. The van der Waals surface area contributed by atoms with E-state index in [4.69, 9.17) is 4.74 Å². The lowest BCUT2D eigenvalue weighted by molar-refractivity contribution is 0.0942. The highest BCUT2D eigenvalue weighted by molar-refractivity contribution is 6.08. The number of hydrogen-bond donors (Lipinski definition) is 2. The van der Waals surface area contributed by atoms with Crippen LogP contribution in [0.1, 0.15) is 34.5 Å². The minimum atomic E-state index is -0.381. The van der Waals surface area contributed by atoms with Gasteiger partial charge >= 0.3 is 0 Å². The van der Waals surface area contributed by atoms with Gasteiger partial charge in [-0.15, -0.1) is 0 Å². The molecule has 2 N–H and O–H groups in total. The maximum Gasteiger partial charge on any atom is 0.287 e. The Morgan fingerprint density at radius 3 is 2.58 bits per heavy atom. The maximum absolute atomic E-state index is 12.7. The largest absolute Gasteiger partial charge is 0.497 e. The molecule has 2 aromatic heterocycles. The molecule has 0 spiro atoms. The molecule has 134 valence electrons. The Kier molecular flexibility index (Phi) is 5.17. The molecule has 0 aliphatic heterocycles. The predicted octanol–water partition coefficient (Wildman–Crippen LogP) is 2.74. The van der Waals surface area contributed by atoms with E-state index in [9.17, 15) is 9.59 Å². The summed E-state index contributed by atoms with van der Waals surface area (Å²) in [5, 5.41) is 5.58. The summed E-state index contributed by atoms with van der Waals surface area (Å²) in [6.45, 7) is 2.52. The number of carbonyl (C=O) groups is 2. The van der Waals surface area contributed by atoms with E-state index in [1.165, 1.54) is 0 Å².